The lowest BCUT2D eigenvalue weighted by Gasteiger charge is -2.12. The van der Waals surface area contributed by atoms with Gasteiger partial charge < -0.3 is 0 Å². The Morgan fingerprint density at radius 3 is 2.82 bits per heavy atom. The number of nitrogens with zero attached hydrogens (tertiary/aromatic N) is 1. The normalized spacial score (nSPS) is 25.8. The standard InChI is InChI=1S/C9H17NO/c1-3-9(11)7-10-5-4-8(2)6-10/h8H,3-7H2,1-2H3/t8-/m0/s1. The summed E-state index contributed by atoms with van der Waals surface area (Å²) >= 11 is 0. The van der Waals surface area contributed by atoms with Gasteiger partial charge in [0.05, 0.1) is 6.54 Å². The zero-order valence-corrected chi connectivity index (χ0v) is 7.47. The molecule has 0 radical (unpaired) electrons. The van der Waals surface area contributed by atoms with Crippen molar-refractivity contribution in [2.24, 2.45) is 5.92 Å². The lowest BCUT2D eigenvalue weighted by atomic mass is 10.2. The molecule has 1 fully saturated rings. The van der Waals surface area contributed by atoms with E-state index in [1.54, 1.807) is 0 Å². The van der Waals surface area contributed by atoms with Crippen LogP contribution in [0.2, 0.25) is 0 Å². The quantitative estimate of drug-likeness (QED) is 0.612. The number of carbonyl (C=O) groups is 1. The maximum absolute atomic E-state index is 11.0. The van der Waals surface area contributed by atoms with Crippen LogP contribution in [0.15, 0.2) is 0 Å². The summed E-state index contributed by atoms with van der Waals surface area (Å²) in [6, 6.07) is 0. The minimum absolute atomic E-state index is 0.374. The first kappa shape index (κ1) is 8.72. The fourth-order valence-electron chi connectivity index (χ4n) is 1.53. The van der Waals surface area contributed by atoms with E-state index in [1.165, 1.54) is 6.42 Å². The monoisotopic (exact) mass is 155 g/mol. The second-order valence-corrected chi connectivity index (χ2v) is 3.52. The van der Waals surface area contributed by atoms with Crippen LogP contribution < -0.4 is 0 Å². The van der Waals surface area contributed by atoms with Crippen LogP contribution in [0, 0.1) is 5.92 Å². The summed E-state index contributed by atoms with van der Waals surface area (Å²) < 4.78 is 0. The fraction of sp³-hybridized carbons (Fsp3) is 0.889. The fourth-order valence-corrected chi connectivity index (χ4v) is 1.53. The molecule has 1 heterocycles. The molecule has 1 saturated heterocycles. The van der Waals surface area contributed by atoms with Gasteiger partial charge in [0.2, 0.25) is 0 Å². The topological polar surface area (TPSA) is 20.3 Å². The second-order valence-electron chi connectivity index (χ2n) is 3.52. The van der Waals surface area contributed by atoms with Crippen LogP contribution in [0.5, 0.6) is 0 Å². The summed E-state index contributed by atoms with van der Waals surface area (Å²) in [4.78, 5) is 13.3. The van der Waals surface area contributed by atoms with Gasteiger partial charge >= 0.3 is 0 Å². The maximum Gasteiger partial charge on any atom is 0.146 e. The van der Waals surface area contributed by atoms with Crippen LogP contribution in [0.3, 0.4) is 0 Å². The molecule has 1 atom stereocenters. The molecule has 0 aromatic heterocycles. The highest BCUT2D eigenvalue weighted by Crippen LogP contribution is 2.14. The number of rotatable bonds is 3. The van der Waals surface area contributed by atoms with Gasteiger partial charge in [-0.1, -0.05) is 13.8 Å². The van der Waals surface area contributed by atoms with Gasteiger partial charge in [0.15, 0.2) is 0 Å². The van der Waals surface area contributed by atoms with Crippen LogP contribution in [0.4, 0.5) is 0 Å². The summed E-state index contributed by atoms with van der Waals surface area (Å²) in [6.45, 7) is 7.09. The summed E-state index contributed by atoms with van der Waals surface area (Å²) in [5, 5.41) is 0. The van der Waals surface area contributed by atoms with E-state index in [9.17, 15) is 4.79 Å². The van der Waals surface area contributed by atoms with Crippen molar-refractivity contribution in [2.75, 3.05) is 19.6 Å². The number of ketones is 1. The Hall–Kier alpha value is -0.370. The third-order valence-corrected chi connectivity index (χ3v) is 2.30. The van der Waals surface area contributed by atoms with Crippen molar-refractivity contribution in [1.29, 1.82) is 0 Å². The summed E-state index contributed by atoms with van der Waals surface area (Å²) in [6.07, 6.45) is 1.95. The second kappa shape index (κ2) is 3.86. The van der Waals surface area contributed by atoms with Crippen LogP contribution in [-0.2, 0) is 4.79 Å². The van der Waals surface area contributed by atoms with Crippen molar-refractivity contribution < 1.29 is 4.79 Å². The van der Waals surface area contributed by atoms with E-state index in [0.717, 1.165) is 19.0 Å². The first-order valence-electron chi connectivity index (χ1n) is 4.46. The van der Waals surface area contributed by atoms with Crippen molar-refractivity contribution >= 4 is 5.78 Å². The molecule has 1 aliphatic heterocycles. The predicted octanol–water partition coefficient (Wildman–Crippen LogP) is 1.31. The van der Waals surface area contributed by atoms with Crippen molar-refractivity contribution in [3.8, 4) is 0 Å². The maximum atomic E-state index is 11.0. The van der Waals surface area contributed by atoms with Crippen LogP contribution in [0.25, 0.3) is 0 Å². The molecule has 0 saturated carbocycles. The van der Waals surface area contributed by atoms with Crippen molar-refractivity contribution in [1.82, 2.24) is 4.90 Å². The molecule has 0 aromatic carbocycles. The molecule has 1 aliphatic rings. The van der Waals surface area contributed by atoms with E-state index in [0.29, 0.717) is 18.7 Å². The molecule has 0 amide bonds. The minimum Gasteiger partial charge on any atom is -0.298 e. The Morgan fingerprint density at radius 1 is 1.64 bits per heavy atom. The zero-order valence-electron chi connectivity index (χ0n) is 7.47. The van der Waals surface area contributed by atoms with E-state index < -0.39 is 0 Å². The van der Waals surface area contributed by atoms with Gasteiger partial charge in [-0.3, -0.25) is 9.69 Å². The van der Waals surface area contributed by atoms with Crippen LogP contribution in [0.1, 0.15) is 26.7 Å². The molecule has 1 rings (SSSR count). The summed E-state index contributed by atoms with van der Waals surface area (Å²) in [5.74, 6) is 1.17. The molecular weight excluding hydrogens is 138 g/mol. The van der Waals surface area contributed by atoms with Gasteiger partial charge in [-0.2, -0.15) is 0 Å². The highest BCUT2D eigenvalue weighted by atomic mass is 16.1. The molecule has 0 unspecified atom stereocenters. The molecule has 0 aromatic rings. The molecule has 64 valence electrons. The zero-order chi connectivity index (χ0) is 8.27. The van der Waals surface area contributed by atoms with Gasteiger partial charge in [0.25, 0.3) is 0 Å². The Balaban J connectivity index is 2.23. The van der Waals surface area contributed by atoms with Gasteiger partial charge in [-0.25, -0.2) is 0 Å². The van der Waals surface area contributed by atoms with Gasteiger partial charge in [0.1, 0.15) is 5.78 Å². The summed E-state index contributed by atoms with van der Waals surface area (Å²) in [7, 11) is 0. The largest absolute Gasteiger partial charge is 0.298 e. The molecule has 2 heteroatoms. The molecule has 0 bridgehead atoms. The van der Waals surface area contributed by atoms with Crippen molar-refractivity contribution in [3.05, 3.63) is 0 Å². The van der Waals surface area contributed by atoms with Gasteiger partial charge in [-0.15, -0.1) is 0 Å². The molecule has 2 nitrogen and oxygen atoms in total. The highest BCUT2D eigenvalue weighted by molar-refractivity contribution is 5.80. The molecule has 11 heavy (non-hydrogen) atoms. The Kier molecular flexibility index (Phi) is 3.06. The molecule has 0 aliphatic carbocycles. The molecular formula is C9H17NO. The third-order valence-electron chi connectivity index (χ3n) is 2.30. The predicted molar refractivity (Wildman–Crippen MR) is 45.5 cm³/mol. The summed E-state index contributed by atoms with van der Waals surface area (Å²) in [5.41, 5.74) is 0. The van der Waals surface area contributed by atoms with Gasteiger partial charge in [-0.05, 0) is 18.9 Å². The lowest BCUT2D eigenvalue weighted by molar-refractivity contribution is -0.119. The van der Waals surface area contributed by atoms with Crippen LogP contribution >= 0.6 is 0 Å². The number of carbonyl (C=O) groups excluding carboxylic acids is 1. The minimum atomic E-state index is 0.374. The van der Waals surface area contributed by atoms with E-state index in [1.807, 2.05) is 6.92 Å². The SMILES string of the molecule is CCC(=O)CN1CC[C@H](C)C1. The number of Topliss-reactive ketones (excluding diaryl/α,β-unsaturated/α-hetero) is 1. The highest BCUT2D eigenvalue weighted by Gasteiger charge is 2.19. The average Bonchev–Trinajstić information content (AvgIpc) is 2.35. The van der Waals surface area contributed by atoms with Crippen molar-refractivity contribution in [2.45, 2.75) is 26.7 Å². The average molecular weight is 155 g/mol. The number of likely N-dealkylation sites (tertiary alicyclic amines) is 1. The van der Waals surface area contributed by atoms with E-state index in [-0.39, 0.29) is 0 Å². The van der Waals surface area contributed by atoms with Crippen LogP contribution in [-0.4, -0.2) is 30.3 Å². The van der Waals surface area contributed by atoms with Crippen molar-refractivity contribution in [3.63, 3.8) is 0 Å². The first-order chi connectivity index (χ1) is 5.22. The first-order valence-corrected chi connectivity index (χ1v) is 4.46. The Bertz CT molecular complexity index is 144. The Labute approximate surface area is 68.6 Å². The van der Waals surface area contributed by atoms with E-state index in [2.05, 4.69) is 11.8 Å². The Morgan fingerprint density at radius 2 is 2.36 bits per heavy atom. The lowest BCUT2D eigenvalue weighted by Crippen LogP contribution is -2.27. The number of hydrogen-bond acceptors (Lipinski definition) is 2. The van der Waals surface area contributed by atoms with Gasteiger partial charge in [0, 0.05) is 13.0 Å². The molecule has 0 spiro atoms. The molecule has 0 N–H and O–H groups in total. The van der Waals surface area contributed by atoms with E-state index in [4.69, 9.17) is 0 Å². The smallest absolute Gasteiger partial charge is 0.146 e. The number of hydrogen-bond donors (Lipinski definition) is 0. The third kappa shape index (κ3) is 2.62. The van der Waals surface area contributed by atoms with E-state index >= 15 is 0 Å².